The van der Waals surface area contributed by atoms with Crippen LogP contribution < -0.4 is 0 Å². The number of hydrogen-bond donors (Lipinski definition) is 2. The third kappa shape index (κ3) is 1.06. The van der Waals surface area contributed by atoms with Gasteiger partial charge in [0.1, 0.15) is 5.78 Å². The van der Waals surface area contributed by atoms with Crippen molar-refractivity contribution in [3.8, 4) is 0 Å². The first kappa shape index (κ1) is 9.79. The van der Waals surface area contributed by atoms with Crippen molar-refractivity contribution >= 4 is 5.78 Å². The lowest BCUT2D eigenvalue weighted by atomic mass is 9.44. The molecule has 0 aliphatic heterocycles. The molecule has 4 aliphatic carbocycles. The molecule has 0 spiro atoms. The minimum Gasteiger partial charge on any atom is -0.395 e. The second-order valence-electron chi connectivity index (χ2n) is 5.99. The second-order valence-corrected chi connectivity index (χ2v) is 5.99. The molecule has 0 unspecified atom stereocenters. The molecule has 0 amide bonds. The maximum absolute atomic E-state index is 12.4. The van der Waals surface area contributed by atoms with E-state index in [1.54, 1.807) is 0 Å². The summed E-state index contributed by atoms with van der Waals surface area (Å²) in [5.41, 5.74) is -0.959. The van der Waals surface area contributed by atoms with Gasteiger partial charge in [-0.3, -0.25) is 4.79 Å². The van der Waals surface area contributed by atoms with E-state index in [2.05, 4.69) is 0 Å². The predicted octanol–water partition coefficient (Wildman–Crippen LogP) is 0.737. The zero-order valence-electron chi connectivity index (χ0n) is 8.91. The molecule has 84 valence electrons. The van der Waals surface area contributed by atoms with Crippen LogP contribution >= 0.6 is 0 Å². The smallest absolute Gasteiger partial charge is 0.149 e. The summed E-state index contributed by atoms with van der Waals surface area (Å²) in [6.07, 6.45) is 4.65. The van der Waals surface area contributed by atoms with E-state index in [0.717, 1.165) is 25.7 Å². The van der Waals surface area contributed by atoms with Crippen molar-refractivity contribution in [2.45, 2.75) is 32.1 Å². The molecule has 0 saturated heterocycles. The van der Waals surface area contributed by atoms with Crippen LogP contribution in [0.15, 0.2) is 0 Å². The molecule has 4 bridgehead atoms. The monoisotopic (exact) mass is 210 g/mol. The molecule has 0 aromatic heterocycles. The first-order valence-electron chi connectivity index (χ1n) is 5.91. The summed E-state index contributed by atoms with van der Waals surface area (Å²) in [4.78, 5) is 12.4. The molecule has 0 radical (unpaired) electrons. The van der Waals surface area contributed by atoms with Gasteiger partial charge in [0.2, 0.25) is 0 Å². The number of rotatable bonds is 2. The van der Waals surface area contributed by atoms with Gasteiger partial charge in [0.15, 0.2) is 0 Å². The molecule has 0 aromatic rings. The van der Waals surface area contributed by atoms with Gasteiger partial charge in [-0.25, -0.2) is 0 Å². The Balaban J connectivity index is 2.05. The van der Waals surface area contributed by atoms with Crippen LogP contribution in [0.2, 0.25) is 0 Å². The van der Waals surface area contributed by atoms with Crippen molar-refractivity contribution in [3.05, 3.63) is 0 Å². The number of hydrogen-bond acceptors (Lipinski definition) is 3. The molecule has 0 heterocycles. The normalized spacial score (nSPS) is 52.5. The molecular weight excluding hydrogens is 192 g/mol. The van der Waals surface area contributed by atoms with E-state index in [1.165, 1.54) is 6.42 Å². The van der Waals surface area contributed by atoms with Crippen LogP contribution in [0.1, 0.15) is 32.1 Å². The van der Waals surface area contributed by atoms with Crippen LogP contribution in [-0.4, -0.2) is 29.2 Å². The first-order valence-corrected chi connectivity index (χ1v) is 5.91. The molecule has 3 heteroatoms. The van der Waals surface area contributed by atoms with Gasteiger partial charge in [-0.15, -0.1) is 0 Å². The first-order chi connectivity index (χ1) is 7.14. The van der Waals surface area contributed by atoms with E-state index >= 15 is 0 Å². The zero-order chi connectivity index (χ0) is 10.7. The molecule has 2 N–H and O–H groups in total. The van der Waals surface area contributed by atoms with Crippen molar-refractivity contribution in [3.63, 3.8) is 0 Å². The van der Waals surface area contributed by atoms with E-state index in [9.17, 15) is 15.0 Å². The highest BCUT2D eigenvalue weighted by Crippen LogP contribution is 2.62. The van der Waals surface area contributed by atoms with Gasteiger partial charge in [0.25, 0.3) is 0 Å². The lowest BCUT2D eigenvalue weighted by Crippen LogP contribution is -2.61. The van der Waals surface area contributed by atoms with Crippen LogP contribution in [0.3, 0.4) is 0 Å². The van der Waals surface area contributed by atoms with E-state index in [0.29, 0.717) is 11.8 Å². The standard InChI is InChI=1S/C12H18O3/c13-6-11-2-8-1-9(4-11)5-12(3-8,7-14)10(11)15/h8-9,13-14H,1-7H2. The predicted molar refractivity (Wildman–Crippen MR) is 54.1 cm³/mol. The van der Waals surface area contributed by atoms with Crippen molar-refractivity contribution in [2.24, 2.45) is 22.7 Å². The van der Waals surface area contributed by atoms with Crippen LogP contribution in [0.4, 0.5) is 0 Å². The molecule has 4 saturated carbocycles. The lowest BCUT2D eigenvalue weighted by molar-refractivity contribution is -0.176. The van der Waals surface area contributed by atoms with E-state index < -0.39 is 10.8 Å². The van der Waals surface area contributed by atoms with Gasteiger partial charge < -0.3 is 10.2 Å². The summed E-state index contributed by atoms with van der Waals surface area (Å²) >= 11 is 0. The van der Waals surface area contributed by atoms with Crippen molar-refractivity contribution in [2.75, 3.05) is 13.2 Å². The fourth-order valence-corrected chi connectivity index (χ4v) is 4.66. The molecule has 0 atom stereocenters. The Bertz CT molecular complexity index is 270. The fourth-order valence-electron chi connectivity index (χ4n) is 4.66. The number of aliphatic hydroxyl groups excluding tert-OH is 2. The summed E-state index contributed by atoms with van der Waals surface area (Å²) in [6, 6.07) is 0. The molecular formula is C12H18O3. The number of carbonyl (C=O) groups is 1. The average Bonchev–Trinajstić information content (AvgIpc) is 2.24. The summed E-state index contributed by atoms with van der Waals surface area (Å²) in [5.74, 6) is 1.29. The quantitative estimate of drug-likeness (QED) is 0.706. The maximum atomic E-state index is 12.4. The largest absolute Gasteiger partial charge is 0.395 e. The summed E-state index contributed by atoms with van der Waals surface area (Å²) in [7, 11) is 0. The number of aliphatic hydroxyl groups is 2. The fraction of sp³-hybridized carbons (Fsp3) is 0.917. The van der Waals surface area contributed by atoms with Crippen LogP contribution in [-0.2, 0) is 4.79 Å². The minimum absolute atomic E-state index is 0.0133. The number of ketones is 1. The summed E-state index contributed by atoms with van der Waals surface area (Å²) in [5, 5.41) is 19.0. The van der Waals surface area contributed by atoms with Crippen LogP contribution in [0, 0.1) is 22.7 Å². The van der Waals surface area contributed by atoms with E-state index in [-0.39, 0.29) is 19.0 Å². The van der Waals surface area contributed by atoms with Gasteiger partial charge in [-0.05, 0) is 43.9 Å². The Hall–Kier alpha value is -0.410. The average molecular weight is 210 g/mol. The highest BCUT2D eigenvalue weighted by Gasteiger charge is 2.63. The highest BCUT2D eigenvalue weighted by molar-refractivity contribution is 5.92. The Morgan fingerprint density at radius 2 is 1.40 bits per heavy atom. The molecule has 4 fully saturated rings. The Kier molecular flexibility index (Phi) is 1.85. The number of Topliss-reactive ketones (excluding diaryl/α,β-unsaturated/α-hetero) is 1. The van der Waals surface area contributed by atoms with Gasteiger partial charge in [0.05, 0.1) is 24.0 Å². The molecule has 15 heavy (non-hydrogen) atoms. The molecule has 0 aromatic carbocycles. The van der Waals surface area contributed by atoms with Gasteiger partial charge in [0, 0.05) is 0 Å². The molecule has 4 aliphatic rings. The Labute approximate surface area is 89.5 Å². The van der Waals surface area contributed by atoms with E-state index in [1.807, 2.05) is 0 Å². The van der Waals surface area contributed by atoms with Gasteiger partial charge in [-0.1, -0.05) is 0 Å². The summed E-state index contributed by atoms with van der Waals surface area (Å²) < 4.78 is 0. The highest BCUT2D eigenvalue weighted by atomic mass is 16.3. The minimum atomic E-state index is -0.479. The van der Waals surface area contributed by atoms with Gasteiger partial charge in [-0.2, -0.15) is 0 Å². The molecule has 3 nitrogen and oxygen atoms in total. The van der Waals surface area contributed by atoms with Gasteiger partial charge >= 0.3 is 0 Å². The van der Waals surface area contributed by atoms with Crippen LogP contribution in [0.25, 0.3) is 0 Å². The zero-order valence-corrected chi connectivity index (χ0v) is 8.91. The lowest BCUT2D eigenvalue weighted by Gasteiger charge is -2.59. The third-order valence-corrected chi connectivity index (χ3v) is 4.95. The Morgan fingerprint density at radius 3 is 1.73 bits per heavy atom. The Morgan fingerprint density at radius 1 is 1.00 bits per heavy atom. The van der Waals surface area contributed by atoms with Crippen LogP contribution in [0.5, 0.6) is 0 Å². The maximum Gasteiger partial charge on any atom is 0.149 e. The van der Waals surface area contributed by atoms with Crippen molar-refractivity contribution in [1.29, 1.82) is 0 Å². The third-order valence-electron chi connectivity index (χ3n) is 4.95. The summed E-state index contributed by atoms with van der Waals surface area (Å²) in [6.45, 7) is -0.0266. The second kappa shape index (κ2) is 2.83. The number of carbonyl (C=O) groups excluding carboxylic acids is 1. The topological polar surface area (TPSA) is 57.5 Å². The van der Waals surface area contributed by atoms with Crippen molar-refractivity contribution < 1.29 is 15.0 Å². The molecule has 4 rings (SSSR count). The van der Waals surface area contributed by atoms with E-state index in [4.69, 9.17) is 0 Å². The van der Waals surface area contributed by atoms with Crippen molar-refractivity contribution in [1.82, 2.24) is 0 Å². The SMILES string of the molecule is O=C1C2(CO)CC3CC(C2)CC1(CO)C3.